The van der Waals surface area contributed by atoms with Crippen LogP contribution in [0.1, 0.15) is 26.7 Å². The van der Waals surface area contributed by atoms with Crippen LogP contribution >= 0.6 is 0 Å². The number of hydrogen-bond donors (Lipinski definition) is 3. The zero-order valence-electron chi connectivity index (χ0n) is 9.54. The molecule has 3 N–H and O–H groups in total. The molecule has 0 aromatic heterocycles. The number of carboxylic acids is 1. The van der Waals surface area contributed by atoms with E-state index in [4.69, 9.17) is 5.11 Å². The fourth-order valence-corrected chi connectivity index (χ4v) is 1.17. The molecule has 0 fully saturated rings. The van der Waals surface area contributed by atoms with Crippen molar-refractivity contribution in [2.45, 2.75) is 32.7 Å². The Kier molecular flexibility index (Phi) is 6.70. The van der Waals surface area contributed by atoms with Crippen molar-refractivity contribution in [1.82, 2.24) is 10.6 Å². The first-order chi connectivity index (χ1) is 7.02. The highest BCUT2D eigenvalue weighted by Crippen LogP contribution is 2.07. The monoisotopic (exact) mass is 216 g/mol. The Labute approximate surface area is 90.2 Å². The summed E-state index contributed by atoms with van der Waals surface area (Å²) >= 11 is 0. The molecule has 0 aromatic carbocycles. The van der Waals surface area contributed by atoms with Gasteiger partial charge in [-0.05, 0) is 13.0 Å². The van der Waals surface area contributed by atoms with Gasteiger partial charge in [-0.25, -0.2) is 4.79 Å². The molecule has 88 valence electrons. The van der Waals surface area contributed by atoms with E-state index in [1.165, 1.54) is 0 Å². The second kappa shape index (κ2) is 7.23. The van der Waals surface area contributed by atoms with Gasteiger partial charge in [0, 0.05) is 13.0 Å². The molecule has 15 heavy (non-hydrogen) atoms. The van der Waals surface area contributed by atoms with Crippen LogP contribution in [0.2, 0.25) is 0 Å². The molecular formula is C10H20N2O3. The van der Waals surface area contributed by atoms with Gasteiger partial charge < -0.3 is 15.7 Å². The quantitative estimate of drug-likeness (QED) is 0.568. The third-order valence-corrected chi connectivity index (χ3v) is 2.40. The fraction of sp³-hybridized carbons (Fsp3) is 0.800. The molecule has 0 bridgehead atoms. The molecule has 0 unspecified atom stereocenters. The summed E-state index contributed by atoms with van der Waals surface area (Å²) in [6.45, 7) is 4.27. The smallest absolute Gasteiger partial charge is 0.326 e. The van der Waals surface area contributed by atoms with Crippen LogP contribution in [0.15, 0.2) is 0 Å². The van der Waals surface area contributed by atoms with Crippen molar-refractivity contribution in [2.75, 3.05) is 13.6 Å². The summed E-state index contributed by atoms with van der Waals surface area (Å²) < 4.78 is 0. The molecule has 0 saturated heterocycles. The summed E-state index contributed by atoms with van der Waals surface area (Å²) in [5.74, 6) is -1.25. The molecule has 0 heterocycles. The predicted molar refractivity (Wildman–Crippen MR) is 57.6 cm³/mol. The van der Waals surface area contributed by atoms with E-state index in [2.05, 4.69) is 10.6 Å². The first-order valence-electron chi connectivity index (χ1n) is 5.19. The van der Waals surface area contributed by atoms with Crippen LogP contribution in [0, 0.1) is 5.92 Å². The van der Waals surface area contributed by atoms with Gasteiger partial charge in [-0.3, -0.25) is 4.79 Å². The van der Waals surface area contributed by atoms with Gasteiger partial charge in [-0.1, -0.05) is 20.3 Å². The van der Waals surface area contributed by atoms with Gasteiger partial charge in [0.25, 0.3) is 0 Å². The van der Waals surface area contributed by atoms with Crippen molar-refractivity contribution in [1.29, 1.82) is 0 Å². The Hall–Kier alpha value is -1.10. The summed E-state index contributed by atoms with van der Waals surface area (Å²) in [6, 6.07) is -0.778. The zero-order valence-corrected chi connectivity index (χ0v) is 9.54. The van der Waals surface area contributed by atoms with E-state index in [0.717, 1.165) is 6.42 Å². The van der Waals surface area contributed by atoms with E-state index in [-0.39, 0.29) is 11.8 Å². The second-order valence-electron chi connectivity index (χ2n) is 3.62. The first-order valence-corrected chi connectivity index (χ1v) is 5.19. The normalized spacial score (nSPS) is 14.3. The van der Waals surface area contributed by atoms with E-state index < -0.39 is 12.0 Å². The molecule has 0 aliphatic rings. The van der Waals surface area contributed by atoms with Crippen molar-refractivity contribution in [3.8, 4) is 0 Å². The van der Waals surface area contributed by atoms with Crippen molar-refractivity contribution >= 4 is 11.9 Å². The molecule has 0 radical (unpaired) electrons. The van der Waals surface area contributed by atoms with Crippen LogP contribution < -0.4 is 10.6 Å². The SMILES string of the molecule is CC[C@H](C)[C@H](NC(=O)CCNC)C(=O)O. The van der Waals surface area contributed by atoms with E-state index in [1.54, 1.807) is 7.05 Å². The highest BCUT2D eigenvalue weighted by atomic mass is 16.4. The number of amides is 1. The lowest BCUT2D eigenvalue weighted by Gasteiger charge is -2.19. The second-order valence-corrected chi connectivity index (χ2v) is 3.62. The zero-order chi connectivity index (χ0) is 11.8. The van der Waals surface area contributed by atoms with Gasteiger partial charge >= 0.3 is 5.97 Å². The van der Waals surface area contributed by atoms with Crippen LogP contribution in [-0.2, 0) is 9.59 Å². The van der Waals surface area contributed by atoms with Crippen LogP contribution in [0.5, 0.6) is 0 Å². The van der Waals surface area contributed by atoms with Crippen LogP contribution in [0.4, 0.5) is 0 Å². The molecule has 5 nitrogen and oxygen atoms in total. The molecular weight excluding hydrogens is 196 g/mol. The Morgan fingerprint density at radius 3 is 2.40 bits per heavy atom. The fourth-order valence-electron chi connectivity index (χ4n) is 1.17. The van der Waals surface area contributed by atoms with E-state index in [0.29, 0.717) is 13.0 Å². The summed E-state index contributed by atoms with van der Waals surface area (Å²) in [4.78, 5) is 22.2. The van der Waals surface area contributed by atoms with Crippen molar-refractivity contribution < 1.29 is 14.7 Å². The minimum atomic E-state index is -0.970. The number of aliphatic carboxylic acids is 1. The largest absolute Gasteiger partial charge is 0.480 e. The maximum Gasteiger partial charge on any atom is 0.326 e. The molecule has 0 aromatic rings. The Bertz CT molecular complexity index is 219. The van der Waals surface area contributed by atoms with Crippen molar-refractivity contribution in [3.05, 3.63) is 0 Å². The minimum Gasteiger partial charge on any atom is -0.480 e. The topological polar surface area (TPSA) is 78.4 Å². The van der Waals surface area contributed by atoms with Gasteiger partial charge in [0.2, 0.25) is 5.91 Å². The van der Waals surface area contributed by atoms with E-state index in [9.17, 15) is 9.59 Å². The number of hydrogen-bond acceptors (Lipinski definition) is 3. The van der Waals surface area contributed by atoms with Gasteiger partial charge in [0.1, 0.15) is 6.04 Å². The molecule has 0 rings (SSSR count). The Balaban J connectivity index is 4.16. The minimum absolute atomic E-state index is 0.0546. The highest BCUT2D eigenvalue weighted by Gasteiger charge is 2.24. The Morgan fingerprint density at radius 2 is 2.00 bits per heavy atom. The Morgan fingerprint density at radius 1 is 1.40 bits per heavy atom. The molecule has 0 aliphatic heterocycles. The average molecular weight is 216 g/mol. The van der Waals surface area contributed by atoms with Gasteiger partial charge in [-0.15, -0.1) is 0 Å². The summed E-state index contributed by atoms with van der Waals surface area (Å²) in [7, 11) is 1.75. The highest BCUT2D eigenvalue weighted by molar-refractivity contribution is 5.83. The van der Waals surface area contributed by atoms with Crippen molar-refractivity contribution in [3.63, 3.8) is 0 Å². The maximum atomic E-state index is 11.3. The molecule has 1 amide bonds. The molecule has 0 aliphatic carbocycles. The molecule has 2 atom stereocenters. The molecule has 5 heteroatoms. The van der Waals surface area contributed by atoms with Gasteiger partial charge in [-0.2, -0.15) is 0 Å². The lowest BCUT2D eigenvalue weighted by Crippen LogP contribution is -2.45. The number of rotatable bonds is 7. The maximum absolute atomic E-state index is 11.3. The van der Waals surface area contributed by atoms with Crippen LogP contribution in [-0.4, -0.2) is 36.6 Å². The third-order valence-electron chi connectivity index (χ3n) is 2.40. The molecule has 0 spiro atoms. The lowest BCUT2D eigenvalue weighted by atomic mass is 9.99. The summed E-state index contributed by atoms with van der Waals surface area (Å²) in [6.07, 6.45) is 1.03. The molecule has 0 saturated carbocycles. The predicted octanol–water partition coefficient (Wildman–Crippen LogP) is 0.211. The standard InChI is InChI=1S/C10H20N2O3/c1-4-7(2)9(10(14)15)12-8(13)5-6-11-3/h7,9,11H,4-6H2,1-3H3,(H,12,13)(H,14,15)/t7-,9-/m0/s1. The lowest BCUT2D eigenvalue weighted by molar-refractivity contribution is -0.143. The summed E-state index contributed by atoms with van der Waals surface area (Å²) in [5, 5.41) is 14.3. The van der Waals surface area contributed by atoms with Gasteiger partial charge in [0.05, 0.1) is 0 Å². The number of carbonyl (C=O) groups is 2. The number of nitrogens with one attached hydrogen (secondary N) is 2. The van der Waals surface area contributed by atoms with Crippen LogP contribution in [0.3, 0.4) is 0 Å². The number of carbonyl (C=O) groups excluding carboxylic acids is 1. The summed E-state index contributed by atoms with van der Waals surface area (Å²) in [5.41, 5.74) is 0. The van der Waals surface area contributed by atoms with E-state index in [1.807, 2.05) is 13.8 Å². The average Bonchev–Trinajstić information content (AvgIpc) is 2.21. The van der Waals surface area contributed by atoms with Crippen molar-refractivity contribution in [2.24, 2.45) is 5.92 Å². The first kappa shape index (κ1) is 13.9. The van der Waals surface area contributed by atoms with Gasteiger partial charge in [0.15, 0.2) is 0 Å². The van der Waals surface area contributed by atoms with E-state index >= 15 is 0 Å². The third kappa shape index (κ3) is 5.37. The number of carboxylic acid groups (broad SMARTS) is 1. The van der Waals surface area contributed by atoms with Crippen LogP contribution in [0.25, 0.3) is 0 Å².